The zero-order valence-electron chi connectivity index (χ0n) is 11.7. The van der Waals surface area contributed by atoms with Crippen molar-refractivity contribution >= 4 is 28.5 Å². The Morgan fingerprint density at radius 2 is 1.91 bits per heavy atom. The quantitative estimate of drug-likeness (QED) is 0.523. The number of aromatic nitrogens is 1. The Kier molecular flexibility index (Phi) is 3.94. The van der Waals surface area contributed by atoms with Gasteiger partial charge in [-0.1, -0.05) is 29.8 Å². The molecular weight excluding hydrogens is 302 g/mol. The molecule has 1 aromatic heterocycles. The highest BCUT2D eigenvalue weighted by Gasteiger charge is 2.10. The molecular formula is C17H12ClNO3. The van der Waals surface area contributed by atoms with Crippen LogP contribution in [0, 0.1) is 0 Å². The van der Waals surface area contributed by atoms with Crippen LogP contribution in [0.15, 0.2) is 54.7 Å². The fourth-order valence-electron chi connectivity index (χ4n) is 2.03. The maximum atomic E-state index is 11.2. The molecule has 0 radical (unpaired) electrons. The molecule has 5 heteroatoms. The lowest BCUT2D eigenvalue weighted by molar-refractivity contribution is -0.131. The second-order valence-electron chi connectivity index (χ2n) is 4.65. The van der Waals surface area contributed by atoms with Crippen LogP contribution in [0.2, 0.25) is 5.02 Å². The van der Waals surface area contributed by atoms with E-state index in [1.807, 2.05) is 30.3 Å². The van der Waals surface area contributed by atoms with Crippen LogP contribution in [0.4, 0.5) is 0 Å². The summed E-state index contributed by atoms with van der Waals surface area (Å²) in [7, 11) is 0. The Balaban J connectivity index is 1.96. The smallest absolute Gasteiger partial charge is 0.308 e. The van der Waals surface area contributed by atoms with Crippen LogP contribution in [-0.2, 0) is 4.79 Å². The summed E-state index contributed by atoms with van der Waals surface area (Å²) >= 11 is 5.98. The van der Waals surface area contributed by atoms with Crippen LogP contribution in [0.25, 0.3) is 10.9 Å². The molecule has 0 saturated carbocycles. The van der Waals surface area contributed by atoms with E-state index in [0.29, 0.717) is 22.3 Å². The third-order valence-electron chi connectivity index (χ3n) is 2.95. The van der Waals surface area contributed by atoms with Gasteiger partial charge in [0.15, 0.2) is 11.5 Å². The van der Waals surface area contributed by atoms with Crippen molar-refractivity contribution in [1.82, 2.24) is 4.98 Å². The molecule has 0 unspecified atom stereocenters. The molecule has 1 heterocycles. The summed E-state index contributed by atoms with van der Waals surface area (Å²) in [5.41, 5.74) is 0.876. The van der Waals surface area contributed by atoms with Gasteiger partial charge in [-0.2, -0.15) is 0 Å². The number of ether oxygens (including phenoxy) is 2. The minimum atomic E-state index is -0.427. The fraction of sp³-hybridized carbons (Fsp3) is 0.0588. The number of esters is 1. The summed E-state index contributed by atoms with van der Waals surface area (Å²) in [6, 6.07) is 14.4. The SMILES string of the molecule is CC(=O)Oc1ccc(Cl)cc1Oc1cnc2ccccc2c1. The lowest BCUT2D eigenvalue weighted by Crippen LogP contribution is -2.02. The highest BCUT2D eigenvalue weighted by Crippen LogP contribution is 2.34. The van der Waals surface area contributed by atoms with Crippen LogP contribution in [0.5, 0.6) is 17.2 Å². The predicted molar refractivity (Wildman–Crippen MR) is 84.6 cm³/mol. The number of fused-ring (bicyclic) bond motifs is 1. The minimum absolute atomic E-state index is 0.310. The predicted octanol–water partition coefficient (Wildman–Crippen LogP) is 4.61. The van der Waals surface area contributed by atoms with Crippen molar-refractivity contribution in [2.24, 2.45) is 0 Å². The summed E-state index contributed by atoms with van der Waals surface area (Å²) in [6.07, 6.45) is 1.61. The maximum absolute atomic E-state index is 11.2. The Bertz CT molecular complexity index is 848. The average Bonchev–Trinajstić information content (AvgIpc) is 2.49. The van der Waals surface area contributed by atoms with E-state index in [2.05, 4.69) is 4.98 Å². The number of rotatable bonds is 3. The first kappa shape index (κ1) is 14.4. The molecule has 110 valence electrons. The number of carbonyl (C=O) groups excluding carboxylic acids is 1. The standard InChI is InChI=1S/C17H12ClNO3/c1-11(20)21-16-7-6-13(18)9-17(16)22-14-8-12-4-2-3-5-15(12)19-10-14/h2-10H,1H3. The maximum Gasteiger partial charge on any atom is 0.308 e. The average molecular weight is 314 g/mol. The summed E-state index contributed by atoms with van der Waals surface area (Å²) in [5, 5.41) is 1.44. The number of nitrogens with zero attached hydrogens (tertiary/aromatic N) is 1. The molecule has 0 bridgehead atoms. The molecule has 0 aliphatic carbocycles. The van der Waals surface area contributed by atoms with Gasteiger partial charge in [0, 0.05) is 23.4 Å². The summed E-state index contributed by atoms with van der Waals surface area (Å²) in [5.74, 6) is 0.781. The van der Waals surface area contributed by atoms with E-state index in [1.54, 1.807) is 24.4 Å². The normalized spacial score (nSPS) is 10.5. The van der Waals surface area contributed by atoms with Crippen LogP contribution < -0.4 is 9.47 Å². The van der Waals surface area contributed by atoms with E-state index in [0.717, 1.165) is 10.9 Å². The van der Waals surface area contributed by atoms with Gasteiger partial charge in [-0.05, 0) is 24.3 Å². The van der Waals surface area contributed by atoms with Gasteiger partial charge in [0.1, 0.15) is 5.75 Å². The van der Waals surface area contributed by atoms with Crippen molar-refractivity contribution in [2.75, 3.05) is 0 Å². The zero-order chi connectivity index (χ0) is 15.5. The molecule has 0 spiro atoms. The van der Waals surface area contributed by atoms with Gasteiger partial charge in [0.25, 0.3) is 0 Å². The Morgan fingerprint density at radius 1 is 1.09 bits per heavy atom. The monoisotopic (exact) mass is 313 g/mol. The largest absolute Gasteiger partial charge is 0.452 e. The lowest BCUT2D eigenvalue weighted by Gasteiger charge is -2.11. The van der Waals surface area contributed by atoms with E-state index >= 15 is 0 Å². The summed E-state index contributed by atoms with van der Waals surface area (Å²) < 4.78 is 10.9. The van der Waals surface area contributed by atoms with Gasteiger partial charge in [-0.25, -0.2) is 0 Å². The number of pyridine rings is 1. The van der Waals surface area contributed by atoms with Crippen molar-refractivity contribution in [1.29, 1.82) is 0 Å². The molecule has 0 saturated heterocycles. The van der Waals surface area contributed by atoms with Crippen molar-refractivity contribution in [3.63, 3.8) is 0 Å². The molecule has 0 fully saturated rings. The van der Waals surface area contributed by atoms with E-state index < -0.39 is 5.97 Å². The first-order valence-electron chi connectivity index (χ1n) is 6.62. The molecule has 3 aromatic rings. The fourth-order valence-corrected chi connectivity index (χ4v) is 2.20. The van der Waals surface area contributed by atoms with Crippen molar-refractivity contribution < 1.29 is 14.3 Å². The van der Waals surface area contributed by atoms with Crippen LogP contribution in [-0.4, -0.2) is 11.0 Å². The molecule has 22 heavy (non-hydrogen) atoms. The number of carbonyl (C=O) groups is 1. The third kappa shape index (κ3) is 3.18. The van der Waals surface area contributed by atoms with Gasteiger partial charge in [0.05, 0.1) is 11.7 Å². The van der Waals surface area contributed by atoms with Crippen molar-refractivity contribution in [3.8, 4) is 17.2 Å². The Morgan fingerprint density at radius 3 is 2.73 bits per heavy atom. The van der Waals surface area contributed by atoms with Crippen LogP contribution in [0.1, 0.15) is 6.92 Å². The number of benzene rings is 2. The van der Waals surface area contributed by atoms with Gasteiger partial charge in [0.2, 0.25) is 0 Å². The first-order valence-corrected chi connectivity index (χ1v) is 7.00. The lowest BCUT2D eigenvalue weighted by atomic mass is 10.2. The Labute approximate surface area is 132 Å². The number of hydrogen-bond donors (Lipinski definition) is 0. The summed E-state index contributed by atoms with van der Waals surface area (Å²) in [4.78, 5) is 15.5. The molecule has 0 aliphatic heterocycles. The van der Waals surface area contributed by atoms with Gasteiger partial charge < -0.3 is 9.47 Å². The van der Waals surface area contributed by atoms with Crippen molar-refractivity contribution in [2.45, 2.75) is 6.92 Å². The summed E-state index contributed by atoms with van der Waals surface area (Å²) in [6.45, 7) is 1.33. The van der Waals surface area contributed by atoms with E-state index in [9.17, 15) is 4.79 Å². The molecule has 2 aromatic carbocycles. The highest BCUT2D eigenvalue weighted by molar-refractivity contribution is 6.30. The molecule has 0 aliphatic rings. The number of halogens is 1. The molecule has 0 amide bonds. The Hall–Kier alpha value is -2.59. The number of hydrogen-bond acceptors (Lipinski definition) is 4. The third-order valence-corrected chi connectivity index (χ3v) is 3.19. The highest BCUT2D eigenvalue weighted by atomic mass is 35.5. The molecule has 4 nitrogen and oxygen atoms in total. The molecule has 0 N–H and O–H groups in total. The van der Waals surface area contributed by atoms with E-state index in [4.69, 9.17) is 21.1 Å². The van der Waals surface area contributed by atoms with Crippen LogP contribution >= 0.6 is 11.6 Å². The number of para-hydroxylation sites is 1. The van der Waals surface area contributed by atoms with Gasteiger partial charge in [-0.3, -0.25) is 9.78 Å². The second-order valence-corrected chi connectivity index (χ2v) is 5.09. The van der Waals surface area contributed by atoms with Gasteiger partial charge >= 0.3 is 5.97 Å². The van der Waals surface area contributed by atoms with Crippen LogP contribution in [0.3, 0.4) is 0 Å². The van der Waals surface area contributed by atoms with E-state index in [-0.39, 0.29) is 0 Å². The van der Waals surface area contributed by atoms with Crippen molar-refractivity contribution in [3.05, 3.63) is 59.8 Å². The van der Waals surface area contributed by atoms with E-state index in [1.165, 1.54) is 6.92 Å². The minimum Gasteiger partial charge on any atom is -0.452 e. The topological polar surface area (TPSA) is 48.4 Å². The zero-order valence-corrected chi connectivity index (χ0v) is 12.5. The molecule has 0 atom stereocenters. The first-order chi connectivity index (χ1) is 10.6. The van der Waals surface area contributed by atoms with Gasteiger partial charge in [-0.15, -0.1) is 0 Å². The second kappa shape index (κ2) is 6.03. The molecule has 3 rings (SSSR count).